The zero-order valence-electron chi connectivity index (χ0n) is 19.4. The van der Waals surface area contributed by atoms with Gasteiger partial charge in [0.15, 0.2) is 0 Å². The maximum atomic E-state index is 13.1. The molecule has 0 spiro atoms. The highest BCUT2D eigenvalue weighted by Gasteiger charge is 2.36. The first kappa shape index (κ1) is 23.6. The summed E-state index contributed by atoms with van der Waals surface area (Å²) in [5, 5.41) is 4.25. The Kier molecular flexibility index (Phi) is 7.03. The van der Waals surface area contributed by atoms with Gasteiger partial charge in [-0.15, -0.1) is 0 Å². The number of carbonyl (C=O) groups is 3. The van der Waals surface area contributed by atoms with E-state index in [4.69, 9.17) is 4.74 Å². The molecule has 4 rings (SSSR count). The van der Waals surface area contributed by atoms with Crippen LogP contribution in [0.1, 0.15) is 30.0 Å². The van der Waals surface area contributed by atoms with Crippen LogP contribution in [0.5, 0.6) is 5.75 Å². The van der Waals surface area contributed by atoms with Gasteiger partial charge in [0.25, 0.3) is 11.1 Å². The molecule has 0 saturated carbocycles. The van der Waals surface area contributed by atoms with E-state index in [2.05, 4.69) is 5.32 Å². The van der Waals surface area contributed by atoms with Crippen molar-refractivity contribution < 1.29 is 19.1 Å². The van der Waals surface area contributed by atoms with Crippen LogP contribution in [0.3, 0.4) is 0 Å². The van der Waals surface area contributed by atoms with Gasteiger partial charge in [-0.3, -0.25) is 19.3 Å². The number of nitrogens with zero attached hydrogens (tertiary/aromatic N) is 1. The van der Waals surface area contributed by atoms with Crippen LogP contribution in [-0.2, 0) is 9.59 Å². The largest absolute Gasteiger partial charge is 0.493 e. The molecule has 1 N–H and O–H groups in total. The van der Waals surface area contributed by atoms with Crippen LogP contribution in [-0.4, -0.2) is 35.1 Å². The van der Waals surface area contributed by atoms with E-state index < -0.39 is 17.1 Å². The van der Waals surface area contributed by atoms with Gasteiger partial charge < -0.3 is 10.1 Å². The standard InChI is InChI=1S/C27H26N2O4S/c1-4-13-33-23-12-10-19-7-5-6-8-20(19)21(23)15-24-26(31)29(27(32)34-24)16-25(30)28-22-11-9-17(2)14-18(22)3/h5-12,14-15H,4,13,16H2,1-3H3,(H,28,30)/b24-15-. The zero-order chi connectivity index (χ0) is 24.2. The van der Waals surface area contributed by atoms with E-state index in [1.54, 1.807) is 6.08 Å². The maximum absolute atomic E-state index is 13.1. The average molecular weight is 475 g/mol. The highest BCUT2D eigenvalue weighted by atomic mass is 32.2. The third-order valence-corrected chi connectivity index (χ3v) is 6.41. The van der Waals surface area contributed by atoms with Gasteiger partial charge in [0.1, 0.15) is 12.3 Å². The van der Waals surface area contributed by atoms with Gasteiger partial charge in [-0.25, -0.2) is 0 Å². The van der Waals surface area contributed by atoms with Crippen LogP contribution in [0.2, 0.25) is 0 Å². The molecule has 174 valence electrons. The fourth-order valence-electron chi connectivity index (χ4n) is 3.82. The van der Waals surface area contributed by atoms with Crippen molar-refractivity contribution in [2.75, 3.05) is 18.5 Å². The highest BCUT2D eigenvalue weighted by Crippen LogP contribution is 2.37. The lowest BCUT2D eigenvalue weighted by atomic mass is 10.0. The minimum atomic E-state index is -0.486. The second-order valence-corrected chi connectivity index (χ2v) is 9.17. The Bertz CT molecular complexity index is 1320. The second-order valence-electron chi connectivity index (χ2n) is 8.18. The summed E-state index contributed by atoms with van der Waals surface area (Å²) in [6.45, 7) is 6.09. The molecule has 7 heteroatoms. The smallest absolute Gasteiger partial charge is 0.294 e. The van der Waals surface area contributed by atoms with Crippen LogP contribution < -0.4 is 10.1 Å². The summed E-state index contributed by atoms with van der Waals surface area (Å²) >= 11 is 0.834. The Morgan fingerprint density at radius 3 is 2.65 bits per heavy atom. The lowest BCUT2D eigenvalue weighted by Gasteiger charge is -2.14. The molecule has 0 aromatic heterocycles. The van der Waals surface area contributed by atoms with Crippen molar-refractivity contribution in [1.82, 2.24) is 4.90 Å². The molecule has 3 amide bonds. The fraction of sp³-hybridized carbons (Fsp3) is 0.222. The summed E-state index contributed by atoms with van der Waals surface area (Å²) in [5.74, 6) is -0.257. The molecule has 3 aromatic carbocycles. The highest BCUT2D eigenvalue weighted by molar-refractivity contribution is 8.18. The van der Waals surface area contributed by atoms with E-state index in [1.165, 1.54) is 0 Å². The Labute approximate surface area is 203 Å². The minimum absolute atomic E-state index is 0.266. The number of hydrogen-bond acceptors (Lipinski definition) is 5. The van der Waals surface area contributed by atoms with Gasteiger partial charge in [-0.05, 0) is 66.6 Å². The predicted molar refractivity (Wildman–Crippen MR) is 137 cm³/mol. The molecule has 0 aliphatic carbocycles. The fourth-order valence-corrected chi connectivity index (χ4v) is 4.64. The number of hydrogen-bond donors (Lipinski definition) is 1. The molecule has 0 atom stereocenters. The summed E-state index contributed by atoms with van der Waals surface area (Å²) in [5.41, 5.74) is 3.41. The van der Waals surface area contributed by atoms with E-state index in [0.29, 0.717) is 18.0 Å². The van der Waals surface area contributed by atoms with Crippen molar-refractivity contribution >= 4 is 51.4 Å². The number of amides is 3. The second kappa shape index (κ2) is 10.1. The van der Waals surface area contributed by atoms with E-state index in [1.807, 2.05) is 75.4 Å². The number of benzene rings is 3. The predicted octanol–water partition coefficient (Wildman–Crippen LogP) is 5.92. The average Bonchev–Trinajstić information content (AvgIpc) is 3.07. The SMILES string of the molecule is CCCOc1ccc2ccccc2c1/C=C1\SC(=O)N(CC(=O)Nc2ccc(C)cc2C)C1=O. The van der Waals surface area contributed by atoms with E-state index in [-0.39, 0.29) is 11.4 Å². The lowest BCUT2D eigenvalue weighted by Crippen LogP contribution is -2.36. The molecule has 6 nitrogen and oxygen atoms in total. The van der Waals surface area contributed by atoms with Crippen LogP contribution >= 0.6 is 11.8 Å². The van der Waals surface area contributed by atoms with Crippen molar-refractivity contribution in [1.29, 1.82) is 0 Å². The number of nitrogens with one attached hydrogen (secondary N) is 1. The van der Waals surface area contributed by atoms with E-state index >= 15 is 0 Å². The number of thioether (sulfide) groups is 1. The zero-order valence-corrected chi connectivity index (χ0v) is 20.2. The molecule has 1 saturated heterocycles. The minimum Gasteiger partial charge on any atom is -0.493 e. The van der Waals surface area contributed by atoms with Gasteiger partial charge in [0, 0.05) is 11.3 Å². The molecular formula is C27H26N2O4S. The third kappa shape index (κ3) is 4.99. The Balaban J connectivity index is 1.58. The number of rotatable bonds is 7. The van der Waals surface area contributed by atoms with Crippen LogP contribution in [0.4, 0.5) is 10.5 Å². The number of carbonyl (C=O) groups excluding carboxylic acids is 3. The van der Waals surface area contributed by atoms with Crippen molar-refractivity contribution in [3.8, 4) is 5.75 Å². The van der Waals surface area contributed by atoms with Crippen LogP contribution in [0.25, 0.3) is 16.8 Å². The van der Waals surface area contributed by atoms with E-state index in [0.717, 1.165) is 50.5 Å². The quantitative estimate of drug-likeness (QED) is 0.430. The Morgan fingerprint density at radius 1 is 1.09 bits per heavy atom. The topological polar surface area (TPSA) is 75.7 Å². The third-order valence-electron chi connectivity index (χ3n) is 5.50. The molecule has 34 heavy (non-hydrogen) atoms. The molecule has 1 aliphatic heterocycles. The number of ether oxygens (including phenoxy) is 1. The molecule has 1 heterocycles. The monoisotopic (exact) mass is 474 g/mol. The van der Waals surface area contributed by atoms with Gasteiger partial charge >= 0.3 is 0 Å². The molecule has 0 bridgehead atoms. The molecule has 0 unspecified atom stereocenters. The first-order chi connectivity index (χ1) is 16.4. The summed E-state index contributed by atoms with van der Waals surface area (Å²) in [6, 6.07) is 17.3. The summed E-state index contributed by atoms with van der Waals surface area (Å²) in [4.78, 5) is 39.5. The van der Waals surface area contributed by atoms with Crippen molar-refractivity contribution in [3.63, 3.8) is 0 Å². The lowest BCUT2D eigenvalue weighted by molar-refractivity contribution is -0.127. The molecule has 1 fully saturated rings. The summed E-state index contributed by atoms with van der Waals surface area (Å²) < 4.78 is 5.92. The first-order valence-corrected chi connectivity index (χ1v) is 12.0. The van der Waals surface area contributed by atoms with Crippen LogP contribution in [0.15, 0.2) is 59.5 Å². The summed E-state index contributed by atoms with van der Waals surface area (Å²) in [7, 11) is 0. The number of imide groups is 1. The number of fused-ring (bicyclic) bond motifs is 1. The van der Waals surface area contributed by atoms with Gasteiger partial charge in [-0.1, -0.05) is 55.0 Å². The Morgan fingerprint density at radius 2 is 1.88 bits per heavy atom. The maximum Gasteiger partial charge on any atom is 0.294 e. The van der Waals surface area contributed by atoms with Gasteiger partial charge in [0.2, 0.25) is 5.91 Å². The first-order valence-electron chi connectivity index (χ1n) is 11.1. The van der Waals surface area contributed by atoms with Crippen molar-refractivity contribution in [2.24, 2.45) is 0 Å². The van der Waals surface area contributed by atoms with Crippen molar-refractivity contribution in [3.05, 3.63) is 76.2 Å². The van der Waals surface area contributed by atoms with E-state index in [9.17, 15) is 14.4 Å². The molecule has 3 aromatic rings. The normalized spacial score (nSPS) is 14.8. The number of aryl methyl sites for hydroxylation is 2. The van der Waals surface area contributed by atoms with Gasteiger partial charge in [-0.2, -0.15) is 0 Å². The Hall–Kier alpha value is -3.58. The molecule has 0 radical (unpaired) electrons. The van der Waals surface area contributed by atoms with Gasteiger partial charge in [0.05, 0.1) is 11.5 Å². The van der Waals surface area contributed by atoms with Crippen molar-refractivity contribution in [2.45, 2.75) is 27.2 Å². The molecular weight excluding hydrogens is 448 g/mol. The summed E-state index contributed by atoms with van der Waals surface area (Å²) in [6.07, 6.45) is 2.54. The number of anilines is 1. The van der Waals surface area contributed by atoms with Crippen LogP contribution in [0, 0.1) is 13.8 Å². The molecule has 1 aliphatic rings.